The molecule has 0 radical (unpaired) electrons. The van der Waals surface area contributed by atoms with E-state index in [0.29, 0.717) is 16.1 Å². The molecule has 0 bridgehead atoms. The summed E-state index contributed by atoms with van der Waals surface area (Å²) in [5, 5.41) is 13.1. The molecule has 0 aliphatic carbocycles. The Labute approximate surface area is 191 Å². The van der Waals surface area contributed by atoms with E-state index in [9.17, 15) is 13.2 Å². The van der Waals surface area contributed by atoms with E-state index >= 15 is 0 Å². The minimum absolute atomic E-state index is 0.0468. The van der Waals surface area contributed by atoms with Crippen molar-refractivity contribution in [2.45, 2.75) is 11.8 Å². The molecular weight excluding hydrogens is 448 g/mol. The lowest BCUT2D eigenvalue weighted by Gasteiger charge is -2.24. The summed E-state index contributed by atoms with van der Waals surface area (Å²) in [5.74, 6) is -0.633. The number of hydrogen-bond acceptors (Lipinski definition) is 5. The van der Waals surface area contributed by atoms with Crippen LogP contribution in [0.5, 0.6) is 0 Å². The summed E-state index contributed by atoms with van der Waals surface area (Å²) in [6.45, 7) is 1.30. The maximum absolute atomic E-state index is 13.3. The van der Waals surface area contributed by atoms with Crippen LogP contribution >= 0.6 is 11.6 Å². The summed E-state index contributed by atoms with van der Waals surface area (Å²) < 4.78 is 27.5. The van der Waals surface area contributed by atoms with Gasteiger partial charge in [0, 0.05) is 5.02 Å². The average molecular weight is 467 g/mol. The summed E-state index contributed by atoms with van der Waals surface area (Å²) >= 11 is 6.20. The topological polar surface area (TPSA) is 103 Å². The number of benzene rings is 3. The minimum Gasteiger partial charge on any atom is -0.271 e. The van der Waals surface area contributed by atoms with Crippen LogP contribution in [-0.2, 0) is 14.8 Å². The molecule has 32 heavy (non-hydrogen) atoms. The number of nitrogens with zero attached hydrogens (tertiary/aromatic N) is 3. The molecule has 3 aromatic rings. The lowest BCUT2D eigenvalue weighted by Crippen LogP contribution is -2.39. The normalized spacial score (nSPS) is 11.2. The van der Waals surface area contributed by atoms with Crippen LogP contribution in [0.4, 0.5) is 5.69 Å². The van der Waals surface area contributed by atoms with Gasteiger partial charge in [0.2, 0.25) is 0 Å². The zero-order valence-electron chi connectivity index (χ0n) is 17.1. The van der Waals surface area contributed by atoms with Crippen LogP contribution in [0.15, 0.2) is 82.8 Å². The van der Waals surface area contributed by atoms with Crippen molar-refractivity contribution in [2.75, 3.05) is 10.8 Å². The van der Waals surface area contributed by atoms with Crippen LogP contribution < -0.4 is 9.73 Å². The number of nitriles is 1. The van der Waals surface area contributed by atoms with E-state index in [1.807, 2.05) is 6.07 Å². The molecule has 9 heteroatoms. The third-order valence-corrected chi connectivity index (χ3v) is 6.70. The Balaban J connectivity index is 1.83. The standard InChI is InChI=1S/C23H19ClN4O3S/c1-17-7-12-20(13-22(17)24)28(32(30,31)21-5-3-2-4-6-21)16-23(29)27-26-15-19-10-8-18(14-25)9-11-19/h2-13,15H,16H2,1H3,(H,27,29). The van der Waals surface area contributed by atoms with E-state index in [4.69, 9.17) is 16.9 Å². The van der Waals surface area contributed by atoms with Crippen LogP contribution in [0.2, 0.25) is 5.02 Å². The second-order valence-electron chi connectivity index (χ2n) is 6.79. The molecule has 0 aromatic heterocycles. The molecule has 7 nitrogen and oxygen atoms in total. The number of sulfonamides is 1. The van der Waals surface area contributed by atoms with Crippen molar-refractivity contribution in [3.63, 3.8) is 0 Å². The second-order valence-corrected chi connectivity index (χ2v) is 9.05. The van der Waals surface area contributed by atoms with E-state index in [-0.39, 0.29) is 10.6 Å². The third-order valence-electron chi connectivity index (χ3n) is 4.50. The quantitative estimate of drug-likeness (QED) is 0.421. The van der Waals surface area contributed by atoms with Crippen molar-refractivity contribution in [1.82, 2.24) is 5.43 Å². The monoisotopic (exact) mass is 466 g/mol. The first kappa shape index (κ1) is 23.0. The first-order valence-electron chi connectivity index (χ1n) is 9.47. The first-order valence-corrected chi connectivity index (χ1v) is 11.3. The van der Waals surface area contributed by atoms with Gasteiger partial charge in [-0.25, -0.2) is 13.8 Å². The Morgan fingerprint density at radius 3 is 2.44 bits per heavy atom. The molecule has 0 fully saturated rings. The maximum atomic E-state index is 13.3. The summed E-state index contributed by atoms with van der Waals surface area (Å²) in [7, 11) is -4.03. The number of aryl methyl sites for hydroxylation is 1. The minimum atomic E-state index is -4.03. The fourth-order valence-electron chi connectivity index (χ4n) is 2.76. The van der Waals surface area contributed by atoms with Crippen molar-refractivity contribution in [2.24, 2.45) is 5.10 Å². The maximum Gasteiger partial charge on any atom is 0.264 e. The van der Waals surface area contributed by atoms with Gasteiger partial charge in [0.05, 0.1) is 28.4 Å². The molecule has 0 aliphatic rings. The van der Waals surface area contributed by atoms with Crippen molar-refractivity contribution in [3.05, 3.63) is 94.5 Å². The van der Waals surface area contributed by atoms with Gasteiger partial charge in [-0.05, 0) is 54.4 Å². The Kier molecular flexibility index (Phi) is 7.25. The van der Waals surface area contributed by atoms with Crippen LogP contribution in [0, 0.1) is 18.3 Å². The predicted molar refractivity (Wildman–Crippen MR) is 124 cm³/mol. The molecule has 0 atom stereocenters. The molecule has 0 unspecified atom stereocenters. The van der Waals surface area contributed by atoms with Gasteiger partial charge in [-0.1, -0.05) is 48.0 Å². The molecule has 1 N–H and O–H groups in total. The average Bonchev–Trinajstić information content (AvgIpc) is 2.80. The fraction of sp³-hybridized carbons (Fsp3) is 0.0870. The molecule has 3 rings (SSSR count). The van der Waals surface area contributed by atoms with E-state index < -0.39 is 22.5 Å². The summed E-state index contributed by atoms with van der Waals surface area (Å²) in [6.07, 6.45) is 1.40. The molecule has 162 valence electrons. The molecule has 0 saturated carbocycles. The van der Waals surface area contributed by atoms with Crippen LogP contribution in [0.1, 0.15) is 16.7 Å². The second kappa shape index (κ2) is 10.1. The van der Waals surface area contributed by atoms with E-state index in [0.717, 1.165) is 9.87 Å². The van der Waals surface area contributed by atoms with E-state index in [1.165, 1.54) is 24.4 Å². The molecule has 0 spiro atoms. The van der Waals surface area contributed by atoms with Gasteiger partial charge >= 0.3 is 0 Å². The summed E-state index contributed by atoms with van der Waals surface area (Å²) in [4.78, 5) is 12.6. The van der Waals surface area contributed by atoms with Crippen molar-refractivity contribution in [3.8, 4) is 6.07 Å². The van der Waals surface area contributed by atoms with Gasteiger partial charge in [-0.15, -0.1) is 0 Å². The lowest BCUT2D eigenvalue weighted by atomic mass is 10.2. The SMILES string of the molecule is Cc1ccc(N(CC(=O)NN=Cc2ccc(C#N)cc2)S(=O)(=O)c2ccccc2)cc1Cl. The van der Waals surface area contributed by atoms with Gasteiger partial charge in [-0.2, -0.15) is 10.4 Å². The highest BCUT2D eigenvalue weighted by Gasteiger charge is 2.27. The van der Waals surface area contributed by atoms with Crippen LogP contribution in [0.3, 0.4) is 0 Å². The highest BCUT2D eigenvalue weighted by Crippen LogP contribution is 2.27. The highest BCUT2D eigenvalue weighted by molar-refractivity contribution is 7.92. The van der Waals surface area contributed by atoms with Gasteiger partial charge in [-0.3, -0.25) is 9.10 Å². The number of hydrogen-bond donors (Lipinski definition) is 1. The molecule has 1 amide bonds. The molecule has 3 aromatic carbocycles. The Bertz CT molecular complexity index is 1290. The predicted octanol–water partition coefficient (Wildman–Crippen LogP) is 3.87. The molecule has 0 saturated heterocycles. The number of nitrogens with one attached hydrogen (secondary N) is 1. The highest BCUT2D eigenvalue weighted by atomic mass is 35.5. The lowest BCUT2D eigenvalue weighted by molar-refractivity contribution is -0.119. The van der Waals surface area contributed by atoms with Gasteiger partial charge in [0.25, 0.3) is 15.9 Å². The number of anilines is 1. The smallest absolute Gasteiger partial charge is 0.264 e. The third kappa shape index (κ3) is 5.52. The Morgan fingerprint density at radius 2 is 1.81 bits per heavy atom. The number of rotatable bonds is 7. The summed E-state index contributed by atoms with van der Waals surface area (Å²) in [5.41, 5.74) is 4.55. The van der Waals surface area contributed by atoms with Crippen molar-refractivity contribution in [1.29, 1.82) is 5.26 Å². The van der Waals surface area contributed by atoms with Crippen LogP contribution in [-0.4, -0.2) is 27.1 Å². The summed E-state index contributed by atoms with van der Waals surface area (Å²) in [6, 6.07) is 21.2. The largest absolute Gasteiger partial charge is 0.271 e. The first-order chi connectivity index (χ1) is 15.3. The molecule has 0 aliphatic heterocycles. The van der Waals surface area contributed by atoms with Crippen molar-refractivity contribution >= 4 is 39.4 Å². The van der Waals surface area contributed by atoms with Crippen LogP contribution in [0.25, 0.3) is 0 Å². The number of hydrazone groups is 1. The van der Waals surface area contributed by atoms with E-state index in [1.54, 1.807) is 61.5 Å². The van der Waals surface area contributed by atoms with Gasteiger partial charge in [0.15, 0.2) is 0 Å². The number of carbonyl (C=O) groups excluding carboxylic acids is 1. The molecular formula is C23H19ClN4O3S. The number of amides is 1. The molecule has 0 heterocycles. The van der Waals surface area contributed by atoms with E-state index in [2.05, 4.69) is 10.5 Å². The number of halogens is 1. The van der Waals surface area contributed by atoms with Crippen molar-refractivity contribution < 1.29 is 13.2 Å². The fourth-order valence-corrected chi connectivity index (χ4v) is 4.37. The van der Waals surface area contributed by atoms with Gasteiger partial charge < -0.3 is 0 Å². The zero-order valence-corrected chi connectivity index (χ0v) is 18.6. The van der Waals surface area contributed by atoms with Gasteiger partial charge in [0.1, 0.15) is 6.54 Å². The zero-order chi connectivity index (χ0) is 23.1. The Hall–Kier alpha value is -3.67. The number of carbonyl (C=O) groups is 1. The Morgan fingerprint density at radius 1 is 1.12 bits per heavy atom.